The van der Waals surface area contributed by atoms with E-state index >= 15 is 0 Å². The van der Waals surface area contributed by atoms with Crippen LogP contribution in [0, 0.1) is 0 Å². The van der Waals surface area contributed by atoms with E-state index in [-0.39, 0.29) is 5.57 Å². The molecular weight excluding hydrogens is 388 g/mol. The fourth-order valence-electron chi connectivity index (χ4n) is 2.38. The van der Waals surface area contributed by atoms with Gasteiger partial charge in [-0.1, -0.05) is 28.1 Å². The molecule has 0 unspecified atom stereocenters. The summed E-state index contributed by atoms with van der Waals surface area (Å²) in [6.07, 6.45) is 1.43. The van der Waals surface area contributed by atoms with Crippen LogP contribution in [0.1, 0.15) is 5.56 Å². The summed E-state index contributed by atoms with van der Waals surface area (Å²) in [5, 5.41) is 2.19. The summed E-state index contributed by atoms with van der Waals surface area (Å²) in [4.78, 5) is 37.9. The number of methoxy groups -OCH3 is 1. The van der Waals surface area contributed by atoms with Crippen molar-refractivity contribution in [2.24, 2.45) is 0 Å². The number of nitrogens with one attached hydrogen (secondary N) is 1. The van der Waals surface area contributed by atoms with Crippen molar-refractivity contribution >= 4 is 45.5 Å². The van der Waals surface area contributed by atoms with Gasteiger partial charge < -0.3 is 4.74 Å². The van der Waals surface area contributed by atoms with Crippen LogP contribution < -0.4 is 15.0 Å². The highest BCUT2D eigenvalue weighted by atomic mass is 79.9. The van der Waals surface area contributed by atoms with Crippen LogP contribution in [0.15, 0.2) is 58.6 Å². The van der Waals surface area contributed by atoms with Gasteiger partial charge >= 0.3 is 6.03 Å². The van der Waals surface area contributed by atoms with Crippen molar-refractivity contribution in [1.82, 2.24) is 5.32 Å². The highest BCUT2D eigenvalue weighted by Crippen LogP contribution is 2.24. The fourth-order valence-corrected chi connectivity index (χ4v) is 2.64. The van der Waals surface area contributed by atoms with E-state index in [0.717, 1.165) is 9.37 Å². The van der Waals surface area contributed by atoms with Crippen molar-refractivity contribution in [3.8, 4) is 5.75 Å². The molecule has 0 saturated carbocycles. The first-order valence-corrected chi connectivity index (χ1v) is 8.10. The van der Waals surface area contributed by atoms with Gasteiger partial charge in [-0.05, 0) is 48.0 Å². The Morgan fingerprint density at radius 2 is 1.80 bits per heavy atom. The average Bonchev–Trinajstić information content (AvgIpc) is 2.60. The molecule has 1 heterocycles. The molecule has 4 amide bonds. The summed E-state index contributed by atoms with van der Waals surface area (Å²) in [7, 11) is 1.53. The van der Waals surface area contributed by atoms with Gasteiger partial charge in [0.1, 0.15) is 11.3 Å². The molecule has 0 radical (unpaired) electrons. The SMILES string of the molecule is COc1cccc(/C=C2\C(=O)NC(=O)N(c3ccc(Br)cc3)C2=O)c1. The Labute approximate surface area is 152 Å². The van der Waals surface area contributed by atoms with Gasteiger partial charge in [0.25, 0.3) is 11.8 Å². The molecule has 0 bridgehead atoms. The van der Waals surface area contributed by atoms with Crippen LogP contribution in [-0.2, 0) is 9.59 Å². The summed E-state index contributed by atoms with van der Waals surface area (Å²) in [5.74, 6) is -0.816. The Morgan fingerprint density at radius 3 is 2.48 bits per heavy atom. The number of hydrogen-bond donors (Lipinski definition) is 1. The quantitative estimate of drug-likeness (QED) is 0.634. The van der Waals surface area contributed by atoms with Gasteiger partial charge in [0.15, 0.2) is 0 Å². The lowest BCUT2D eigenvalue weighted by molar-refractivity contribution is -0.122. The maximum atomic E-state index is 12.7. The van der Waals surface area contributed by atoms with Crippen LogP contribution in [0.5, 0.6) is 5.75 Å². The van der Waals surface area contributed by atoms with E-state index < -0.39 is 17.8 Å². The number of urea groups is 1. The monoisotopic (exact) mass is 400 g/mol. The van der Waals surface area contributed by atoms with Crippen molar-refractivity contribution < 1.29 is 19.1 Å². The minimum Gasteiger partial charge on any atom is -0.497 e. The molecule has 0 aromatic heterocycles. The van der Waals surface area contributed by atoms with Crippen molar-refractivity contribution in [1.29, 1.82) is 0 Å². The van der Waals surface area contributed by atoms with E-state index in [1.54, 1.807) is 48.5 Å². The van der Waals surface area contributed by atoms with E-state index in [0.29, 0.717) is 17.0 Å². The van der Waals surface area contributed by atoms with Crippen LogP contribution in [-0.4, -0.2) is 25.0 Å². The second-order valence-electron chi connectivity index (χ2n) is 5.21. The Bertz CT molecular complexity index is 890. The summed E-state index contributed by atoms with van der Waals surface area (Å²) < 4.78 is 5.94. The molecule has 2 aromatic rings. The Morgan fingerprint density at radius 1 is 1.08 bits per heavy atom. The topological polar surface area (TPSA) is 75.7 Å². The Hall–Kier alpha value is -2.93. The molecule has 0 atom stereocenters. The van der Waals surface area contributed by atoms with E-state index in [4.69, 9.17) is 4.74 Å². The molecule has 0 spiro atoms. The van der Waals surface area contributed by atoms with Gasteiger partial charge in [-0.25, -0.2) is 9.69 Å². The number of nitrogens with zero attached hydrogens (tertiary/aromatic N) is 1. The van der Waals surface area contributed by atoms with Gasteiger partial charge in [-0.3, -0.25) is 14.9 Å². The van der Waals surface area contributed by atoms with Gasteiger partial charge in [-0.2, -0.15) is 0 Å². The van der Waals surface area contributed by atoms with E-state index in [2.05, 4.69) is 21.2 Å². The smallest absolute Gasteiger partial charge is 0.335 e. The number of carbonyl (C=O) groups excluding carboxylic acids is 3. The lowest BCUT2D eigenvalue weighted by Gasteiger charge is -2.26. The average molecular weight is 401 g/mol. The van der Waals surface area contributed by atoms with Gasteiger partial charge in [0.05, 0.1) is 12.8 Å². The first kappa shape index (κ1) is 16.9. The van der Waals surface area contributed by atoms with Gasteiger partial charge in [-0.15, -0.1) is 0 Å². The molecule has 1 N–H and O–H groups in total. The van der Waals surface area contributed by atoms with Crippen LogP contribution in [0.2, 0.25) is 0 Å². The number of halogens is 1. The summed E-state index contributed by atoms with van der Waals surface area (Å²) in [6.45, 7) is 0. The number of amides is 4. The van der Waals surface area contributed by atoms with Gasteiger partial charge in [0.2, 0.25) is 0 Å². The molecule has 2 aromatic carbocycles. The van der Waals surface area contributed by atoms with Crippen molar-refractivity contribution in [2.75, 3.05) is 12.0 Å². The van der Waals surface area contributed by atoms with Crippen molar-refractivity contribution in [3.05, 3.63) is 64.1 Å². The maximum absolute atomic E-state index is 12.7. The third-order valence-corrected chi connectivity index (χ3v) is 4.12. The van der Waals surface area contributed by atoms with E-state index in [1.807, 2.05) is 0 Å². The number of barbiturate groups is 1. The van der Waals surface area contributed by atoms with E-state index in [1.165, 1.54) is 13.2 Å². The molecule has 126 valence electrons. The highest BCUT2D eigenvalue weighted by Gasteiger charge is 2.36. The van der Waals surface area contributed by atoms with Crippen LogP contribution in [0.4, 0.5) is 10.5 Å². The molecule has 1 aliphatic heterocycles. The van der Waals surface area contributed by atoms with Crippen LogP contribution >= 0.6 is 15.9 Å². The molecule has 25 heavy (non-hydrogen) atoms. The van der Waals surface area contributed by atoms with E-state index in [9.17, 15) is 14.4 Å². The Kier molecular flexibility index (Phi) is 4.67. The third-order valence-electron chi connectivity index (χ3n) is 3.59. The molecule has 6 nitrogen and oxygen atoms in total. The van der Waals surface area contributed by atoms with Crippen molar-refractivity contribution in [2.45, 2.75) is 0 Å². The summed E-state index contributed by atoms with van der Waals surface area (Å²) in [6, 6.07) is 12.8. The normalized spacial score (nSPS) is 16.2. The molecule has 1 saturated heterocycles. The number of imide groups is 2. The summed E-state index contributed by atoms with van der Waals surface area (Å²) >= 11 is 3.30. The molecule has 7 heteroatoms. The predicted octanol–water partition coefficient (Wildman–Crippen LogP) is 3.12. The first-order valence-electron chi connectivity index (χ1n) is 7.30. The first-order chi connectivity index (χ1) is 12.0. The minimum atomic E-state index is -0.778. The lowest BCUT2D eigenvalue weighted by Crippen LogP contribution is -2.54. The number of hydrogen-bond acceptors (Lipinski definition) is 4. The second-order valence-corrected chi connectivity index (χ2v) is 6.13. The molecule has 1 fully saturated rings. The maximum Gasteiger partial charge on any atom is 0.335 e. The third kappa shape index (κ3) is 3.46. The number of rotatable bonds is 3. The van der Waals surface area contributed by atoms with Crippen molar-refractivity contribution in [3.63, 3.8) is 0 Å². The highest BCUT2D eigenvalue weighted by molar-refractivity contribution is 9.10. The molecule has 0 aliphatic carbocycles. The minimum absolute atomic E-state index is 0.129. The lowest BCUT2D eigenvalue weighted by atomic mass is 10.1. The van der Waals surface area contributed by atoms with Crippen LogP contribution in [0.25, 0.3) is 6.08 Å². The predicted molar refractivity (Wildman–Crippen MR) is 96.1 cm³/mol. The molecular formula is C18H13BrN2O4. The molecule has 3 rings (SSSR count). The second kappa shape index (κ2) is 6.90. The zero-order valence-corrected chi connectivity index (χ0v) is 14.7. The number of anilines is 1. The molecule has 1 aliphatic rings. The van der Waals surface area contributed by atoms with Crippen LogP contribution in [0.3, 0.4) is 0 Å². The number of benzene rings is 2. The number of ether oxygens (including phenoxy) is 1. The Balaban J connectivity index is 2.00. The van der Waals surface area contributed by atoms with Gasteiger partial charge in [0, 0.05) is 4.47 Å². The summed E-state index contributed by atoms with van der Waals surface area (Å²) in [5.41, 5.74) is 0.855. The standard InChI is InChI=1S/C18H13BrN2O4/c1-25-14-4-2-3-11(9-14)10-15-16(22)20-18(24)21(17(15)23)13-7-5-12(19)6-8-13/h2-10H,1H3,(H,20,22,24)/b15-10+. The zero-order valence-electron chi connectivity index (χ0n) is 13.2. The zero-order chi connectivity index (χ0) is 18.0. The largest absolute Gasteiger partial charge is 0.497 e. The fraction of sp³-hybridized carbons (Fsp3) is 0.0556. The number of carbonyl (C=O) groups is 3.